The lowest BCUT2D eigenvalue weighted by Gasteiger charge is -2.05. The normalized spacial score (nSPS) is 11.3. The number of thioether (sulfide) groups is 1. The number of rotatable bonds is 4. The van der Waals surface area contributed by atoms with Gasteiger partial charge in [-0.05, 0) is 18.2 Å². The van der Waals surface area contributed by atoms with Gasteiger partial charge in [0.15, 0.2) is 11.0 Å². The molecule has 0 bridgehead atoms. The molecule has 0 aliphatic rings. The number of benzene rings is 1. The maximum Gasteiger partial charge on any atom is 0.236 e. The predicted octanol–water partition coefficient (Wildman–Crippen LogP) is 4.38. The van der Waals surface area contributed by atoms with E-state index in [9.17, 15) is 4.79 Å². The Morgan fingerprint density at radius 1 is 1.28 bits per heavy atom. The van der Waals surface area contributed by atoms with Crippen molar-refractivity contribution in [2.24, 2.45) is 0 Å². The van der Waals surface area contributed by atoms with Crippen molar-refractivity contribution in [3.63, 3.8) is 0 Å². The quantitative estimate of drug-likeness (QED) is 0.506. The highest BCUT2D eigenvalue weighted by Gasteiger charge is 2.15. The summed E-state index contributed by atoms with van der Waals surface area (Å²) in [5.74, 6) is 0.202. The first kappa shape index (κ1) is 16.6. The first-order chi connectivity index (χ1) is 12.1. The van der Waals surface area contributed by atoms with Crippen molar-refractivity contribution < 1.29 is 4.79 Å². The average Bonchev–Trinajstić information content (AvgIpc) is 3.15. The molecule has 0 fully saturated rings. The van der Waals surface area contributed by atoms with E-state index in [0.29, 0.717) is 15.2 Å². The number of nitrogens with zero attached hydrogens (tertiary/aromatic N) is 4. The third kappa shape index (κ3) is 3.30. The Balaban J connectivity index is 1.51. The molecule has 126 valence electrons. The van der Waals surface area contributed by atoms with Gasteiger partial charge in [-0.25, -0.2) is 4.98 Å². The Bertz CT molecular complexity index is 1090. The van der Waals surface area contributed by atoms with Crippen molar-refractivity contribution in [2.45, 2.75) is 5.16 Å². The number of halogens is 2. The molecular formula is C15H9Cl2N5OS2. The van der Waals surface area contributed by atoms with Crippen LogP contribution in [0.5, 0.6) is 0 Å². The third-order valence-corrected chi connectivity index (χ3v) is 5.74. The molecule has 25 heavy (non-hydrogen) atoms. The fourth-order valence-corrected chi connectivity index (χ4v) is 4.45. The number of anilines is 1. The van der Waals surface area contributed by atoms with Gasteiger partial charge in [0, 0.05) is 6.20 Å². The highest BCUT2D eigenvalue weighted by Crippen LogP contribution is 2.29. The number of carbonyl (C=O) groups is 1. The van der Waals surface area contributed by atoms with Crippen molar-refractivity contribution in [1.29, 1.82) is 0 Å². The predicted molar refractivity (Wildman–Crippen MR) is 102 cm³/mol. The molecule has 3 aromatic heterocycles. The van der Waals surface area contributed by atoms with Crippen LogP contribution < -0.4 is 5.32 Å². The van der Waals surface area contributed by atoms with Gasteiger partial charge in [-0.2, -0.15) is 0 Å². The monoisotopic (exact) mass is 409 g/mol. The first-order valence-electron chi connectivity index (χ1n) is 7.08. The van der Waals surface area contributed by atoms with E-state index >= 15 is 0 Å². The lowest BCUT2D eigenvalue weighted by atomic mass is 10.3. The fraction of sp³-hybridized carbons (Fsp3) is 0.0667. The molecule has 3 heterocycles. The van der Waals surface area contributed by atoms with Gasteiger partial charge >= 0.3 is 0 Å². The van der Waals surface area contributed by atoms with Gasteiger partial charge < -0.3 is 5.32 Å². The summed E-state index contributed by atoms with van der Waals surface area (Å²) in [6, 6.07) is 9.50. The molecule has 4 aromatic rings. The van der Waals surface area contributed by atoms with Crippen LogP contribution in [0.4, 0.5) is 5.82 Å². The Morgan fingerprint density at radius 2 is 2.12 bits per heavy atom. The van der Waals surface area contributed by atoms with E-state index in [2.05, 4.69) is 20.5 Å². The number of hydrogen-bond acceptors (Lipinski definition) is 6. The molecule has 1 amide bonds. The molecule has 10 heteroatoms. The molecule has 0 aliphatic heterocycles. The molecule has 0 saturated carbocycles. The second-order valence-electron chi connectivity index (χ2n) is 4.99. The molecule has 0 radical (unpaired) electrons. The number of carbonyl (C=O) groups excluding carboxylic acids is 1. The van der Waals surface area contributed by atoms with E-state index in [1.54, 1.807) is 11.3 Å². The highest BCUT2D eigenvalue weighted by atomic mass is 35.5. The SMILES string of the molecule is O=C(CSc1nnc2sc3ccccc3n12)Nc1ncc(Cl)cc1Cl. The first-order valence-corrected chi connectivity index (χ1v) is 9.64. The van der Waals surface area contributed by atoms with Gasteiger partial charge in [0.25, 0.3) is 0 Å². The van der Waals surface area contributed by atoms with Crippen LogP contribution in [-0.2, 0) is 4.79 Å². The molecule has 1 N–H and O–H groups in total. The lowest BCUT2D eigenvalue weighted by molar-refractivity contribution is -0.113. The molecule has 1 aromatic carbocycles. The zero-order valence-corrected chi connectivity index (χ0v) is 15.6. The number of pyridine rings is 1. The van der Waals surface area contributed by atoms with E-state index < -0.39 is 0 Å². The summed E-state index contributed by atoms with van der Waals surface area (Å²) in [6.07, 6.45) is 1.43. The van der Waals surface area contributed by atoms with E-state index in [4.69, 9.17) is 23.2 Å². The zero-order chi connectivity index (χ0) is 17.4. The van der Waals surface area contributed by atoms with E-state index in [1.165, 1.54) is 24.0 Å². The minimum absolute atomic E-state index is 0.158. The molecule has 0 spiro atoms. The van der Waals surface area contributed by atoms with Crippen molar-refractivity contribution in [3.8, 4) is 0 Å². The molecule has 0 aliphatic carbocycles. The number of nitrogens with one attached hydrogen (secondary N) is 1. The maximum absolute atomic E-state index is 12.2. The molecule has 4 rings (SSSR count). The summed E-state index contributed by atoms with van der Waals surface area (Å²) < 4.78 is 3.07. The topological polar surface area (TPSA) is 72.2 Å². The molecule has 6 nitrogen and oxygen atoms in total. The van der Waals surface area contributed by atoms with Crippen LogP contribution in [0.25, 0.3) is 15.2 Å². The van der Waals surface area contributed by atoms with E-state index in [0.717, 1.165) is 15.2 Å². The summed E-state index contributed by atoms with van der Waals surface area (Å²) in [4.78, 5) is 17.0. The number of thiazole rings is 1. The van der Waals surface area contributed by atoms with Gasteiger partial charge in [0.05, 0.1) is 26.0 Å². The van der Waals surface area contributed by atoms with Crippen LogP contribution in [-0.4, -0.2) is 31.2 Å². The number of hydrogen-bond donors (Lipinski definition) is 1. The summed E-state index contributed by atoms with van der Waals surface area (Å²) in [7, 11) is 0. The number of fused-ring (bicyclic) bond motifs is 3. The molecule has 0 unspecified atom stereocenters. The highest BCUT2D eigenvalue weighted by molar-refractivity contribution is 7.99. The Morgan fingerprint density at radius 3 is 2.96 bits per heavy atom. The van der Waals surface area contributed by atoms with Crippen molar-refractivity contribution in [1.82, 2.24) is 19.6 Å². The van der Waals surface area contributed by atoms with E-state index in [-0.39, 0.29) is 17.5 Å². The second-order valence-corrected chi connectivity index (χ2v) is 7.79. The van der Waals surface area contributed by atoms with Gasteiger partial charge in [-0.3, -0.25) is 9.20 Å². The smallest absolute Gasteiger partial charge is 0.236 e. The van der Waals surface area contributed by atoms with Crippen molar-refractivity contribution in [3.05, 3.63) is 46.6 Å². The number of para-hydroxylation sites is 1. The fourth-order valence-electron chi connectivity index (χ4n) is 2.25. The van der Waals surface area contributed by atoms with Gasteiger partial charge in [-0.15, -0.1) is 10.2 Å². The van der Waals surface area contributed by atoms with Gasteiger partial charge in [-0.1, -0.05) is 58.4 Å². The van der Waals surface area contributed by atoms with Crippen molar-refractivity contribution >= 4 is 73.2 Å². The Kier molecular flexibility index (Phi) is 4.51. The van der Waals surface area contributed by atoms with E-state index in [1.807, 2.05) is 28.7 Å². The van der Waals surface area contributed by atoms with Gasteiger partial charge in [0.2, 0.25) is 10.9 Å². The second kappa shape index (κ2) is 6.80. The molecular weight excluding hydrogens is 401 g/mol. The van der Waals surface area contributed by atoms with Gasteiger partial charge in [0.1, 0.15) is 0 Å². The Hall–Kier alpha value is -1.87. The minimum Gasteiger partial charge on any atom is -0.309 e. The standard InChI is InChI=1S/C15H9Cl2N5OS2/c16-8-5-9(17)13(18-6-8)19-12(23)7-24-14-20-21-15-22(14)10-3-1-2-4-11(10)25-15/h1-6H,7H2,(H,18,19,23). The number of aromatic nitrogens is 4. The summed E-state index contributed by atoms with van der Waals surface area (Å²) >= 11 is 14.7. The third-order valence-electron chi connectivity index (χ3n) is 3.31. The summed E-state index contributed by atoms with van der Waals surface area (Å²) in [5.41, 5.74) is 1.03. The van der Waals surface area contributed by atoms with Crippen LogP contribution in [0.2, 0.25) is 10.0 Å². The summed E-state index contributed by atoms with van der Waals surface area (Å²) in [5, 5.41) is 12.4. The lowest BCUT2D eigenvalue weighted by Crippen LogP contribution is -2.15. The largest absolute Gasteiger partial charge is 0.309 e. The molecule has 0 atom stereocenters. The van der Waals surface area contributed by atoms with Crippen LogP contribution in [0.15, 0.2) is 41.7 Å². The molecule has 0 saturated heterocycles. The van der Waals surface area contributed by atoms with Crippen LogP contribution in [0, 0.1) is 0 Å². The summed E-state index contributed by atoms with van der Waals surface area (Å²) in [6.45, 7) is 0. The van der Waals surface area contributed by atoms with Crippen molar-refractivity contribution in [2.75, 3.05) is 11.1 Å². The zero-order valence-electron chi connectivity index (χ0n) is 12.4. The van der Waals surface area contributed by atoms with Crippen LogP contribution in [0.1, 0.15) is 0 Å². The van der Waals surface area contributed by atoms with Crippen LogP contribution in [0.3, 0.4) is 0 Å². The van der Waals surface area contributed by atoms with Crippen LogP contribution >= 0.6 is 46.3 Å². The average molecular weight is 410 g/mol. The Labute approximate surface area is 160 Å². The number of amides is 1. The maximum atomic E-state index is 12.2. The minimum atomic E-state index is -0.238.